The maximum absolute atomic E-state index is 9.60. The highest BCUT2D eigenvalue weighted by molar-refractivity contribution is 5.79. The largest absolute Gasteiger partial charge is 0.378 e. The lowest BCUT2D eigenvalue weighted by Crippen LogP contribution is -2.14. The summed E-state index contributed by atoms with van der Waals surface area (Å²) < 4.78 is 0. The van der Waals surface area contributed by atoms with Gasteiger partial charge >= 0.3 is 0 Å². The van der Waals surface area contributed by atoms with Crippen molar-refractivity contribution >= 4 is 11.0 Å². The fraction of sp³-hybridized carbons (Fsp3) is 0.167. The molecular weight excluding hydrogens is 260 g/mol. The Labute approximate surface area is 123 Å². The van der Waals surface area contributed by atoms with Crippen LogP contribution >= 0.6 is 0 Å². The molecule has 0 amide bonds. The quantitative estimate of drug-likeness (QED) is 0.670. The second kappa shape index (κ2) is 5.08. The second-order valence-electron chi connectivity index (χ2n) is 5.49. The molecule has 0 atom stereocenters. The molecule has 1 aromatic heterocycles. The number of aromatic nitrogens is 2. The van der Waals surface area contributed by atoms with E-state index < -0.39 is 5.60 Å². The first kappa shape index (κ1) is 13.4. The first-order valence-corrected chi connectivity index (χ1v) is 6.82. The summed E-state index contributed by atoms with van der Waals surface area (Å²) in [7, 11) is 0. The average Bonchev–Trinajstić information content (AvgIpc) is 2.89. The number of aromatic amines is 1. The molecule has 0 spiro atoms. The van der Waals surface area contributed by atoms with E-state index in [1.54, 1.807) is 13.8 Å². The zero-order valence-electron chi connectivity index (χ0n) is 12.0. The van der Waals surface area contributed by atoms with Crippen LogP contribution in [-0.2, 0) is 0 Å². The molecule has 21 heavy (non-hydrogen) atoms. The highest BCUT2D eigenvalue weighted by Crippen LogP contribution is 2.20. The number of hydrogen-bond acceptors (Lipinski definition) is 2. The van der Waals surface area contributed by atoms with E-state index in [2.05, 4.69) is 21.8 Å². The van der Waals surface area contributed by atoms with Gasteiger partial charge in [0, 0.05) is 11.1 Å². The number of hydrogen-bond donors (Lipinski definition) is 2. The molecular formula is C18H16N2O. The first-order valence-electron chi connectivity index (χ1n) is 6.82. The van der Waals surface area contributed by atoms with Crippen LogP contribution in [0.25, 0.3) is 22.4 Å². The average molecular weight is 276 g/mol. The van der Waals surface area contributed by atoms with E-state index in [4.69, 9.17) is 0 Å². The van der Waals surface area contributed by atoms with Crippen LogP contribution in [0.2, 0.25) is 0 Å². The molecule has 2 N–H and O–H groups in total. The van der Waals surface area contributed by atoms with Crippen molar-refractivity contribution in [2.24, 2.45) is 0 Å². The summed E-state index contributed by atoms with van der Waals surface area (Å²) in [5, 5.41) is 9.60. The van der Waals surface area contributed by atoms with Gasteiger partial charge in [0.2, 0.25) is 0 Å². The van der Waals surface area contributed by atoms with Crippen LogP contribution in [0, 0.1) is 11.8 Å². The van der Waals surface area contributed by atoms with Gasteiger partial charge < -0.3 is 10.1 Å². The zero-order chi connectivity index (χ0) is 14.9. The van der Waals surface area contributed by atoms with Gasteiger partial charge in [-0.2, -0.15) is 0 Å². The topological polar surface area (TPSA) is 48.9 Å². The lowest BCUT2D eigenvalue weighted by Gasteiger charge is -2.05. The number of nitrogens with one attached hydrogen (secondary N) is 1. The third-order valence-electron chi connectivity index (χ3n) is 3.06. The van der Waals surface area contributed by atoms with Crippen molar-refractivity contribution in [2.45, 2.75) is 19.4 Å². The molecule has 3 rings (SSSR count). The Morgan fingerprint density at radius 3 is 2.43 bits per heavy atom. The van der Waals surface area contributed by atoms with Gasteiger partial charge in [-0.05, 0) is 38.1 Å². The van der Waals surface area contributed by atoms with Crippen molar-refractivity contribution in [2.75, 3.05) is 0 Å². The molecule has 0 aliphatic heterocycles. The lowest BCUT2D eigenvalue weighted by molar-refractivity contribution is 0.143. The summed E-state index contributed by atoms with van der Waals surface area (Å²) in [4.78, 5) is 7.87. The third kappa shape index (κ3) is 3.13. The van der Waals surface area contributed by atoms with Crippen LogP contribution in [0.5, 0.6) is 0 Å². The zero-order valence-corrected chi connectivity index (χ0v) is 12.0. The highest BCUT2D eigenvalue weighted by Gasteiger charge is 2.06. The fourth-order valence-corrected chi connectivity index (χ4v) is 2.03. The van der Waals surface area contributed by atoms with E-state index >= 15 is 0 Å². The van der Waals surface area contributed by atoms with Crippen molar-refractivity contribution in [3.8, 4) is 23.2 Å². The molecule has 3 aromatic rings. The van der Waals surface area contributed by atoms with E-state index in [0.717, 1.165) is 28.0 Å². The summed E-state index contributed by atoms with van der Waals surface area (Å²) >= 11 is 0. The van der Waals surface area contributed by atoms with Gasteiger partial charge in [0.25, 0.3) is 0 Å². The van der Waals surface area contributed by atoms with Crippen LogP contribution in [-0.4, -0.2) is 20.7 Å². The van der Waals surface area contributed by atoms with Crippen molar-refractivity contribution in [1.82, 2.24) is 9.97 Å². The summed E-state index contributed by atoms with van der Waals surface area (Å²) in [6, 6.07) is 15.8. The molecule has 0 fully saturated rings. The van der Waals surface area contributed by atoms with Gasteiger partial charge in [-0.3, -0.25) is 0 Å². The maximum atomic E-state index is 9.60. The Morgan fingerprint density at radius 1 is 1.05 bits per heavy atom. The summed E-state index contributed by atoms with van der Waals surface area (Å²) in [6.07, 6.45) is 0. The number of nitrogens with zero attached hydrogens (tertiary/aromatic N) is 1. The van der Waals surface area contributed by atoms with Crippen molar-refractivity contribution in [3.05, 3.63) is 54.1 Å². The number of para-hydroxylation sites is 2. The van der Waals surface area contributed by atoms with Gasteiger partial charge in [0.15, 0.2) is 0 Å². The minimum atomic E-state index is -0.975. The molecule has 0 saturated heterocycles. The van der Waals surface area contributed by atoms with Gasteiger partial charge in [-0.25, -0.2) is 4.98 Å². The Kier molecular flexibility index (Phi) is 3.25. The number of H-pyrrole nitrogens is 1. The molecule has 2 aromatic carbocycles. The molecule has 3 heteroatoms. The SMILES string of the molecule is CC(C)(O)C#Cc1ccc(-c2nc3ccccc3[nH]2)cc1. The molecule has 0 aliphatic rings. The number of aliphatic hydroxyl groups is 1. The molecule has 0 aliphatic carbocycles. The monoisotopic (exact) mass is 276 g/mol. The van der Waals surface area contributed by atoms with E-state index in [-0.39, 0.29) is 0 Å². The highest BCUT2D eigenvalue weighted by atomic mass is 16.3. The molecule has 0 saturated carbocycles. The molecule has 3 nitrogen and oxygen atoms in total. The normalized spacial score (nSPS) is 11.2. The minimum Gasteiger partial charge on any atom is -0.378 e. The summed E-state index contributed by atoms with van der Waals surface area (Å²) in [6.45, 7) is 3.34. The Hall–Kier alpha value is -2.57. The standard InChI is InChI=1S/C18H16N2O/c1-18(2,21)12-11-13-7-9-14(10-8-13)17-19-15-5-3-4-6-16(15)20-17/h3-10,21H,1-2H3,(H,19,20). The van der Waals surface area contributed by atoms with Crippen molar-refractivity contribution in [3.63, 3.8) is 0 Å². The first-order chi connectivity index (χ1) is 10.0. The lowest BCUT2D eigenvalue weighted by atomic mass is 10.1. The van der Waals surface area contributed by atoms with Gasteiger partial charge in [0.05, 0.1) is 11.0 Å². The Balaban J connectivity index is 1.91. The molecule has 0 radical (unpaired) electrons. The van der Waals surface area contributed by atoms with Crippen molar-refractivity contribution < 1.29 is 5.11 Å². The Morgan fingerprint density at radius 2 is 1.76 bits per heavy atom. The van der Waals surface area contributed by atoms with Crippen molar-refractivity contribution in [1.29, 1.82) is 0 Å². The van der Waals surface area contributed by atoms with Crippen LogP contribution in [0.15, 0.2) is 48.5 Å². The van der Waals surface area contributed by atoms with Crippen LogP contribution in [0.3, 0.4) is 0 Å². The van der Waals surface area contributed by atoms with Crippen LogP contribution < -0.4 is 0 Å². The fourth-order valence-electron chi connectivity index (χ4n) is 2.03. The smallest absolute Gasteiger partial charge is 0.138 e. The van der Waals surface area contributed by atoms with E-state index in [0.29, 0.717) is 0 Å². The molecule has 104 valence electrons. The number of rotatable bonds is 1. The van der Waals surface area contributed by atoms with Gasteiger partial charge in [0.1, 0.15) is 11.4 Å². The Bertz CT molecular complexity index is 794. The van der Waals surface area contributed by atoms with Crippen LogP contribution in [0.4, 0.5) is 0 Å². The van der Waals surface area contributed by atoms with E-state index in [9.17, 15) is 5.11 Å². The van der Waals surface area contributed by atoms with Gasteiger partial charge in [-0.15, -0.1) is 0 Å². The van der Waals surface area contributed by atoms with Crippen LogP contribution in [0.1, 0.15) is 19.4 Å². The van der Waals surface area contributed by atoms with Gasteiger partial charge in [-0.1, -0.05) is 36.1 Å². The third-order valence-corrected chi connectivity index (χ3v) is 3.06. The minimum absolute atomic E-state index is 0.846. The summed E-state index contributed by atoms with van der Waals surface area (Å²) in [5.41, 5.74) is 2.89. The van der Waals surface area contributed by atoms with E-state index in [1.807, 2.05) is 48.5 Å². The summed E-state index contributed by atoms with van der Waals surface area (Å²) in [5.74, 6) is 6.61. The van der Waals surface area contributed by atoms with E-state index in [1.165, 1.54) is 0 Å². The number of fused-ring (bicyclic) bond motifs is 1. The second-order valence-corrected chi connectivity index (χ2v) is 5.49. The number of imidazole rings is 1. The number of benzene rings is 2. The molecule has 0 bridgehead atoms. The maximum Gasteiger partial charge on any atom is 0.138 e. The molecule has 0 unspecified atom stereocenters. The predicted molar refractivity (Wildman–Crippen MR) is 84.7 cm³/mol. The predicted octanol–water partition coefficient (Wildman–Crippen LogP) is 3.35. The molecule has 1 heterocycles.